The maximum atomic E-state index is 13.0. The Labute approximate surface area is 150 Å². The van der Waals surface area contributed by atoms with E-state index in [0.29, 0.717) is 5.69 Å². The number of hydrogen-bond acceptors (Lipinski definition) is 3. The second kappa shape index (κ2) is 8.08. The number of pyridine rings is 1. The molecule has 3 rings (SSSR count). The van der Waals surface area contributed by atoms with Gasteiger partial charge in [-0.15, -0.1) is 0 Å². The third kappa shape index (κ3) is 4.45. The largest absolute Gasteiger partial charge is 0.280 e. The van der Waals surface area contributed by atoms with Gasteiger partial charge in [-0.25, -0.2) is 0 Å². The molecule has 5 nitrogen and oxygen atoms in total. The van der Waals surface area contributed by atoms with E-state index < -0.39 is 16.3 Å². The first kappa shape index (κ1) is 18.0. The summed E-state index contributed by atoms with van der Waals surface area (Å²) in [6, 6.07) is 14.7. The average Bonchev–Trinajstić information content (AvgIpc) is 2.67. The Morgan fingerprint density at radius 1 is 1.04 bits per heavy atom. The Morgan fingerprint density at radius 2 is 1.72 bits per heavy atom. The lowest BCUT2D eigenvalue weighted by atomic mass is 9.96. The maximum absolute atomic E-state index is 13.0. The number of aromatic nitrogens is 1. The van der Waals surface area contributed by atoms with E-state index >= 15 is 0 Å². The molecule has 0 aliphatic heterocycles. The van der Waals surface area contributed by atoms with Crippen molar-refractivity contribution >= 4 is 10.2 Å². The SMILES string of the molecule is CN(C1CCCCC1)S(=O)(=O)NC(c1ccccc1)c1ccccn1. The standard InChI is InChI=1S/C19H25N3O2S/c1-22(17-12-6-3-7-13-17)25(23,24)21-19(16-10-4-2-5-11-16)18-14-8-9-15-20-18/h2,4-5,8-11,14-15,17,19,21H,3,6-7,12-13H2,1H3. The van der Waals surface area contributed by atoms with Gasteiger partial charge in [-0.2, -0.15) is 17.4 Å². The average molecular weight is 359 g/mol. The van der Waals surface area contributed by atoms with E-state index in [1.54, 1.807) is 13.2 Å². The van der Waals surface area contributed by atoms with Crippen molar-refractivity contribution in [1.29, 1.82) is 0 Å². The fourth-order valence-electron chi connectivity index (χ4n) is 3.36. The van der Waals surface area contributed by atoms with Gasteiger partial charge in [0.2, 0.25) is 0 Å². The lowest BCUT2D eigenvalue weighted by Gasteiger charge is -2.32. The molecule has 0 spiro atoms. The van der Waals surface area contributed by atoms with Gasteiger partial charge in [0.25, 0.3) is 10.2 Å². The summed E-state index contributed by atoms with van der Waals surface area (Å²) in [6.07, 6.45) is 6.91. The molecule has 1 aromatic carbocycles. The molecule has 2 aromatic rings. The van der Waals surface area contributed by atoms with Gasteiger partial charge >= 0.3 is 0 Å². The summed E-state index contributed by atoms with van der Waals surface area (Å²) in [5, 5.41) is 0. The minimum absolute atomic E-state index is 0.0754. The van der Waals surface area contributed by atoms with Crippen LogP contribution in [0, 0.1) is 0 Å². The minimum atomic E-state index is -3.61. The number of benzene rings is 1. The zero-order valence-electron chi connectivity index (χ0n) is 14.5. The molecule has 6 heteroatoms. The minimum Gasteiger partial charge on any atom is -0.259 e. The van der Waals surface area contributed by atoms with Gasteiger partial charge in [-0.3, -0.25) is 4.98 Å². The molecular weight excluding hydrogens is 334 g/mol. The summed E-state index contributed by atoms with van der Waals surface area (Å²) < 4.78 is 30.3. The van der Waals surface area contributed by atoms with Crippen LogP contribution in [0.2, 0.25) is 0 Å². The molecule has 1 atom stereocenters. The number of nitrogens with one attached hydrogen (secondary N) is 1. The van der Waals surface area contributed by atoms with Gasteiger partial charge in [0.15, 0.2) is 0 Å². The van der Waals surface area contributed by atoms with Gasteiger partial charge in [-0.05, 0) is 30.5 Å². The van der Waals surface area contributed by atoms with Crippen LogP contribution in [0.4, 0.5) is 0 Å². The van der Waals surface area contributed by atoms with Crippen LogP contribution in [0.1, 0.15) is 49.4 Å². The molecule has 1 unspecified atom stereocenters. The molecule has 1 saturated carbocycles. The molecule has 0 saturated heterocycles. The summed E-state index contributed by atoms with van der Waals surface area (Å²) in [5.74, 6) is 0. The van der Waals surface area contributed by atoms with Crippen LogP contribution >= 0.6 is 0 Å². The Morgan fingerprint density at radius 3 is 2.36 bits per heavy atom. The lowest BCUT2D eigenvalue weighted by Crippen LogP contribution is -2.46. The van der Waals surface area contributed by atoms with Gasteiger partial charge in [-0.1, -0.05) is 55.7 Å². The highest BCUT2D eigenvalue weighted by Gasteiger charge is 2.30. The molecule has 1 fully saturated rings. The van der Waals surface area contributed by atoms with Crippen molar-refractivity contribution in [3.63, 3.8) is 0 Å². The first-order valence-corrected chi connectivity index (χ1v) is 10.2. The monoisotopic (exact) mass is 359 g/mol. The topological polar surface area (TPSA) is 62.3 Å². The first-order valence-electron chi connectivity index (χ1n) is 8.79. The molecular formula is C19H25N3O2S. The predicted molar refractivity (Wildman–Crippen MR) is 99.2 cm³/mol. The third-order valence-corrected chi connectivity index (χ3v) is 6.44. The molecule has 1 heterocycles. The Balaban J connectivity index is 1.86. The molecule has 0 radical (unpaired) electrons. The molecule has 25 heavy (non-hydrogen) atoms. The normalized spacial score (nSPS) is 17.5. The van der Waals surface area contributed by atoms with E-state index in [9.17, 15) is 8.42 Å². The first-order chi connectivity index (χ1) is 12.1. The van der Waals surface area contributed by atoms with Crippen molar-refractivity contribution in [2.24, 2.45) is 0 Å². The smallest absolute Gasteiger partial charge is 0.259 e. The van der Waals surface area contributed by atoms with Crippen molar-refractivity contribution in [2.45, 2.75) is 44.2 Å². The molecule has 1 aliphatic carbocycles. The fourth-order valence-corrected chi connectivity index (χ4v) is 4.69. The Hall–Kier alpha value is -1.76. The van der Waals surface area contributed by atoms with Crippen LogP contribution < -0.4 is 4.72 Å². The van der Waals surface area contributed by atoms with Gasteiger partial charge in [0.1, 0.15) is 0 Å². The summed E-state index contributed by atoms with van der Waals surface area (Å²) in [5.41, 5.74) is 1.57. The van der Waals surface area contributed by atoms with E-state index in [1.807, 2.05) is 48.5 Å². The van der Waals surface area contributed by atoms with E-state index in [0.717, 1.165) is 31.2 Å². The molecule has 0 amide bonds. The van der Waals surface area contributed by atoms with Crippen molar-refractivity contribution in [1.82, 2.24) is 14.0 Å². The summed E-state index contributed by atoms with van der Waals surface area (Å²) in [4.78, 5) is 4.37. The second-order valence-corrected chi connectivity index (χ2v) is 8.29. The lowest BCUT2D eigenvalue weighted by molar-refractivity contribution is 0.282. The van der Waals surface area contributed by atoms with E-state index in [1.165, 1.54) is 10.7 Å². The van der Waals surface area contributed by atoms with Crippen LogP contribution in [-0.2, 0) is 10.2 Å². The predicted octanol–water partition coefficient (Wildman–Crippen LogP) is 3.27. The molecule has 134 valence electrons. The summed E-state index contributed by atoms with van der Waals surface area (Å²) in [6.45, 7) is 0. The van der Waals surface area contributed by atoms with Crippen LogP contribution in [0.25, 0.3) is 0 Å². The zero-order valence-corrected chi connectivity index (χ0v) is 15.3. The zero-order chi connectivity index (χ0) is 17.7. The number of hydrogen-bond donors (Lipinski definition) is 1. The van der Waals surface area contributed by atoms with E-state index in [2.05, 4.69) is 9.71 Å². The van der Waals surface area contributed by atoms with E-state index in [-0.39, 0.29) is 6.04 Å². The summed E-state index contributed by atoms with van der Waals surface area (Å²) in [7, 11) is -1.93. The van der Waals surface area contributed by atoms with Gasteiger partial charge in [0.05, 0.1) is 11.7 Å². The Bertz CT molecular complexity index is 720. The summed E-state index contributed by atoms with van der Waals surface area (Å²) >= 11 is 0. The van der Waals surface area contributed by atoms with Crippen LogP contribution in [0.5, 0.6) is 0 Å². The Kier molecular flexibility index (Phi) is 5.83. The highest BCUT2D eigenvalue weighted by Crippen LogP contribution is 2.26. The number of nitrogens with zero attached hydrogens (tertiary/aromatic N) is 2. The van der Waals surface area contributed by atoms with Crippen molar-refractivity contribution in [2.75, 3.05) is 7.05 Å². The van der Waals surface area contributed by atoms with Crippen molar-refractivity contribution < 1.29 is 8.42 Å². The molecule has 0 bridgehead atoms. The highest BCUT2D eigenvalue weighted by atomic mass is 32.2. The van der Waals surface area contributed by atoms with Crippen molar-refractivity contribution in [3.05, 3.63) is 66.0 Å². The molecule has 1 aliphatic rings. The van der Waals surface area contributed by atoms with Gasteiger partial charge in [0, 0.05) is 19.3 Å². The van der Waals surface area contributed by atoms with E-state index in [4.69, 9.17) is 0 Å². The highest BCUT2D eigenvalue weighted by molar-refractivity contribution is 7.87. The van der Waals surface area contributed by atoms with Crippen molar-refractivity contribution in [3.8, 4) is 0 Å². The molecule has 1 N–H and O–H groups in total. The van der Waals surface area contributed by atoms with Crippen LogP contribution in [0.15, 0.2) is 54.7 Å². The number of rotatable bonds is 6. The van der Waals surface area contributed by atoms with Crippen LogP contribution in [0.3, 0.4) is 0 Å². The van der Waals surface area contributed by atoms with Crippen LogP contribution in [-0.4, -0.2) is 30.8 Å². The van der Waals surface area contributed by atoms with Gasteiger partial charge < -0.3 is 0 Å². The quantitative estimate of drug-likeness (QED) is 0.861. The second-order valence-electron chi connectivity index (χ2n) is 6.53. The molecule has 1 aromatic heterocycles. The third-order valence-electron chi connectivity index (χ3n) is 4.85. The fraction of sp³-hybridized carbons (Fsp3) is 0.421. The maximum Gasteiger partial charge on any atom is 0.280 e.